The van der Waals surface area contributed by atoms with Gasteiger partial charge in [-0.2, -0.15) is 0 Å². The van der Waals surface area contributed by atoms with Crippen LogP contribution in [-0.2, 0) is 0 Å². The number of nitrogen functional groups attached to an aromatic ring is 1. The van der Waals surface area contributed by atoms with E-state index in [4.69, 9.17) is 10.8 Å². The number of carbonyl (C=O) groups is 1. The molecule has 4 N–H and O–H groups in total. The molecule has 0 fully saturated rings. The number of hydrogen-bond donors (Lipinski definition) is 3. The summed E-state index contributed by atoms with van der Waals surface area (Å²) < 4.78 is 4.44. The van der Waals surface area contributed by atoms with Crippen molar-refractivity contribution < 1.29 is 14.3 Å². The van der Waals surface area contributed by atoms with E-state index in [0.717, 1.165) is 11.4 Å². The molecule has 1 aromatic heterocycles. The van der Waals surface area contributed by atoms with Crippen LogP contribution in [0.3, 0.4) is 0 Å². The highest BCUT2D eigenvalue weighted by molar-refractivity contribution is 5.94. The lowest BCUT2D eigenvalue weighted by atomic mass is 10.1. The quantitative estimate of drug-likeness (QED) is 0.578. The minimum atomic E-state index is -0.999. The van der Waals surface area contributed by atoms with Gasteiger partial charge in [-0.05, 0) is 36.4 Å². The molecule has 3 rings (SSSR count). The molecule has 1 heterocycles. The minimum Gasteiger partial charge on any atom is -0.478 e. The molecule has 0 unspecified atom stereocenters. The number of rotatable bonds is 3. The third-order valence-electron chi connectivity index (χ3n) is 3.95. The number of carboxylic acid groups (broad SMARTS) is 1. The molecule has 9 nitrogen and oxygen atoms in total. The van der Waals surface area contributed by atoms with Crippen molar-refractivity contribution in [3.63, 3.8) is 0 Å². The summed E-state index contributed by atoms with van der Waals surface area (Å²) >= 11 is 0. The summed E-state index contributed by atoms with van der Waals surface area (Å²) in [5.74, 6) is -1.73. The van der Waals surface area contributed by atoms with Gasteiger partial charge in [-0.3, -0.25) is 4.98 Å². The normalized spacial score (nSPS) is 10.1. The number of hydrogen-bond acceptors (Lipinski definition) is 7. The highest BCUT2D eigenvalue weighted by Gasteiger charge is 2.09. The van der Waals surface area contributed by atoms with Gasteiger partial charge >= 0.3 is 17.4 Å². The van der Waals surface area contributed by atoms with Crippen molar-refractivity contribution >= 4 is 33.9 Å². The first kappa shape index (κ1) is 20.6. The van der Waals surface area contributed by atoms with Gasteiger partial charge in [0.2, 0.25) is 0 Å². The molecule has 9 heteroatoms. The summed E-state index contributed by atoms with van der Waals surface area (Å²) in [6.07, 6.45) is 0. The Hall–Kier alpha value is -3.75. The van der Waals surface area contributed by atoms with Gasteiger partial charge in [0.1, 0.15) is 0 Å². The zero-order valence-electron chi connectivity index (χ0n) is 16.0. The van der Waals surface area contributed by atoms with Crippen molar-refractivity contribution in [1.29, 1.82) is 0 Å². The topological polar surface area (TPSA) is 133 Å². The number of anilines is 3. The lowest BCUT2D eigenvalue weighted by Crippen LogP contribution is -2.15. The smallest absolute Gasteiger partial charge is 0.419 e. The summed E-state index contributed by atoms with van der Waals surface area (Å²) in [5, 5.41) is 9.15. The second-order valence-corrected chi connectivity index (χ2v) is 6.40. The van der Waals surface area contributed by atoms with Gasteiger partial charge in [0.05, 0.1) is 16.5 Å². The maximum Gasteiger partial charge on any atom is 0.419 e. The van der Waals surface area contributed by atoms with E-state index in [2.05, 4.69) is 9.40 Å². The third-order valence-corrected chi connectivity index (χ3v) is 3.95. The Morgan fingerprint density at radius 3 is 2.14 bits per heavy atom. The molecule has 0 saturated carbocycles. The maximum atomic E-state index is 11.4. The van der Waals surface area contributed by atoms with E-state index in [0.29, 0.717) is 10.9 Å². The molecule has 3 aromatic rings. The molecular weight excluding hydrogens is 364 g/mol. The van der Waals surface area contributed by atoms with Gasteiger partial charge in [0, 0.05) is 45.3 Å². The molecule has 0 bridgehead atoms. The van der Waals surface area contributed by atoms with Crippen molar-refractivity contribution in [2.75, 3.05) is 43.7 Å². The average molecular weight is 386 g/mol. The van der Waals surface area contributed by atoms with Crippen LogP contribution in [0.15, 0.2) is 50.4 Å². The highest BCUT2D eigenvalue weighted by Crippen LogP contribution is 2.19. The number of aromatic amines is 1. The minimum absolute atomic E-state index is 0.145. The van der Waals surface area contributed by atoms with Crippen LogP contribution in [0.5, 0.6) is 0 Å². The summed E-state index contributed by atoms with van der Waals surface area (Å²) in [5.41, 5.74) is 7.50. The van der Waals surface area contributed by atoms with E-state index in [1.165, 1.54) is 0 Å². The van der Waals surface area contributed by atoms with Crippen LogP contribution < -0.4 is 26.9 Å². The van der Waals surface area contributed by atoms with Crippen molar-refractivity contribution in [3.05, 3.63) is 62.9 Å². The average Bonchev–Trinajstić information content (AvgIpc) is 2.61. The van der Waals surface area contributed by atoms with Crippen LogP contribution in [0.2, 0.25) is 0 Å². The van der Waals surface area contributed by atoms with Crippen molar-refractivity contribution in [2.24, 2.45) is 0 Å². The van der Waals surface area contributed by atoms with Gasteiger partial charge < -0.3 is 25.1 Å². The molecule has 0 aliphatic rings. The first-order chi connectivity index (χ1) is 13.1. The van der Waals surface area contributed by atoms with Crippen LogP contribution in [0.1, 0.15) is 10.4 Å². The van der Waals surface area contributed by atoms with Crippen molar-refractivity contribution in [3.8, 4) is 0 Å². The number of nitrogens with one attached hydrogen (secondary N) is 1. The van der Waals surface area contributed by atoms with Gasteiger partial charge in [-0.1, -0.05) is 0 Å². The van der Waals surface area contributed by atoms with Crippen LogP contribution >= 0.6 is 0 Å². The van der Waals surface area contributed by atoms with Gasteiger partial charge in [0.15, 0.2) is 0 Å². The Labute approximate surface area is 160 Å². The Balaban J connectivity index is 0.000000203. The molecule has 0 amide bonds. The summed E-state index contributed by atoms with van der Waals surface area (Å²) in [4.78, 5) is 39.1. The number of aromatic nitrogens is 1. The third kappa shape index (κ3) is 4.70. The second kappa shape index (κ2) is 8.30. The number of fused-ring (bicyclic) bond motifs is 1. The molecule has 0 aliphatic carbocycles. The molecule has 0 atom stereocenters. The molecule has 148 valence electrons. The zero-order valence-corrected chi connectivity index (χ0v) is 16.0. The van der Waals surface area contributed by atoms with E-state index in [9.17, 15) is 14.4 Å². The Bertz CT molecular complexity index is 1120. The van der Waals surface area contributed by atoms with E-state index in [-0.39, 0.29) is 11.3 Å². The predicted octanol–water partition coefficient (Wildman–Crippen LogP) is 1.58. The van der Waals surface area contributed by atoms with Gasteiger partial charge in [-0.15, -0.1) is 0 Å². The Morgan fingerprint density at radius 2 is 1.57 bits per heavy atom. The lowest BCUT2D eigenvalue weighted by molar-refractivity contribution is 0.0698. The Morgan fingerprint density at radius 1 is 1.00 bits per heavy atom. The SMILES string of the molecule is CN(C)c1ccc(N)c(C(=O)O)c1.CN(C)c1ccc2[nH]c(=O)oc(=O)c2c1. The first-order valence-corrected chi connectivity index (χ1v) is 8.25. The van der Waals surface area contributed by atoms with Crippen LogP contribution in [0.25, 0.3) is 10.9 Å². The highest BCUT2D eigenvalue weighted by atomic mass is 16.4. The maximum absolute atomic E-state index is 11.4. The fourth-order valence-electron chi connectivity index (χ4n) is 2.37. The zero-order chi connectivity index (χ0) is 21.0. The monoisotopic (exact) mass is 386 g/mol. The van der Waals surface area contributed by atoms with E-state index in [1.54, 1.807) is 30.3 Å². The number of benzene rings is 2. The predicted molar refractivity (Wildman–Crippen MR) is 110 cm³/mol. The summed E-state index contributed by atoms with van der Waals surface area (Å²) in [7, 11) is 7.43. The number of carboxylic acids is 1. The fourth-order valence-corrected chi connectivity index (χ4v) is 2.37. The molecule has 0 saturated heterocycles. The summed E-state index contributed by atoms with van der Waals surface area (Å²) in [6, 6.07) is 10.1. The Kier molecular flexibility index (Phi) is 6.09. The second-order valence-electron chi connectivity index (χ2n) is 6.40. The van der Waals surface area contributed by atoms with E-state index in [1.807, 2.05) is 44.1 Å². The van der Waals surface area contributed by atoms with Crippen LogP contribution in [0, 0.1) is 0 Å². The van der Waals surface area contributed by atoms with Gasteiger partial charge in [-0.25, -0.2) is 14.4 Å². The van der Waals surface area contributed by atoms with Crippen molar-refractivity contribution in [1.82, 2.24) is 4.98 Å². The first-order valence-electron chi connectivity index (χ1n) is 8.25. The fraction of sp³-hybridized carbons (Fsp3) is 0.211. The summed E-state index contributed by atoms with van der Waals surface area (Å²) in [6.45, 7) is 0. The molecule has 0 aliphatic heterocycles. The molecule has 0 spiro atoms. The largest absolute Gasteiger partial charge is 0.478 e. The molecular formula is C19H22N4O5. The number of nitrogens with two attached hydrogens (primary N) is 1. The van der Waals surface area contributed by atoms with E-state index >= 15 is 0 Å². The molecule has 2 aromatic carbocycles. The molecule has 0 radical (unpaired) electrons. The number of nitrogens with zero attached hydrogens (tertiary/aromatic N) is 2. The van der Waals surface area contributed by atoms with Crippen molar-refractivity contribution in [2.45, 2.75) is 0 Å². The van der Waals surface area contributed by atoms with Crippen LogP contribution in [0.4, 0.5) is 17.1 Å². The van der Waals surface area contributed by atoms with E-state index < -0.39 is 17.4 Å². The standard InChI is InChI=1S/C10H10N2O3.C9H12N2O2/c1-12(2)6-3-4-8-7(5-6)9(13)15-10(14)11-8;1-11(2)6-3-4-8(10)7(5-6)9(12)13/h3-5H,1-2H3,(H,11,14);3-5H,10H2,1-2H3,(H,12,13). The number of H-pyrrole nitrogens is 1. The van der Waals surface area contributed by atoms with Crippen LogP contribution in [-0.4, -0.2) is 44.3 Å². The molecule has 28 heavy (non-hydrogen) atoms. The number of aromatic carboxylic acids is 1. The van der Waals surface area contributed by atoms with Gasteiger partial charge in [0.25, 0.3) is 0 Å². The lowest BCUT2D eigenvalue weighted by Gasteiger charge is -2.13.